The number of rotatable bonds is 11. The number of carbonyl (C=O) groups excluding carboxylic acids is 3. The topological polar surface area (TPSA) is 108 Å². The Morgan fingerprint density at radius 1 is 1.08 bits per heavy atom. The van der Waals surface area contributed by atoms with E-state index in [2.05, 4.69) is 17.6 Å². The van der Waals surface area contributed by atoms with Gasteiger partial charge in [0, 0.05) is 13.0 Å². The van der Waals surface area contributed by atoms with Gasteiger partial charge in [0.15, 0.2) is 0 Å². The van der Waals surface area contributed by atoms with Crippen LogP contribution in [0.25, 0.3) is 0 Å². The molecule has 7 nitrogen and oxygen atoms in total. The van der Waals surface area contributed by atoms with Gasteiger partial charge in [-0.15, -0.1) is 0 Å². The van der Waals surface area contributed by atoms with Crippen molar-refractivity contribution >= 4 is 17.7 Å². The van der Waals surface area contributed by atoms with Crippen LogP contribution in [0.3, 0.4) is 0 Å². The molecular formula is C18H27N3O4. The fraction of sp³-hybridized carbons (Fsp3) is 0.500. The molecule has 0 aromatic heterocycles. The summed E-state index contributed by atoms with van der Waals surface area (Å²) >= 11 is 0. The van der Waals surface area contributed by atoms with Crippen molar-refractivity contribution < 1.29 is 19.6 Å². The molecule has 1 atom stereocenters. The Labute approximate surface area is 148 Å². The molecule has 1 rings (SSSR count). The fourth-order valence-electron chi connectivity index (χ4n) is 2.34. The average molecular weight is 349 g/mol. The summed E-state index contributed by atoms with van der Waals surface area (Å²) in [6.45, 7) is 2.60. The predicted octanol–water partition coefficient (Wildman–Crippen LogP) is 1.31. The molecule has 0 aliphatic heterocycles. The maximum absolute atomic E-state index is 12.3. The minimum atomic E-state index is -0.810. The highest BCUT2D eigenvalue weighted by atomic mass is 16.5. The number of amides is 3. The Bertz CT molecular complexity index is 549. The van der Waals surface area contributed by atoms with Crippen LogP contribution in [0, 0.1) is 0 Å². The number of hydroxylamine groups is 1. The maximum Gasteiger partial charge on any atom is 0.243 e. The summed E-state index contributed by atoms with van der Waals surface area (Å²) in [5.41, 5.74) is 2.37. The van der Waals surface area contributed by atoms with Crippen molar-refractivity contribution in [3.8, 4) is 0 Å². The summed E-state index contributed by atoms with van der Waals surface area (Å²) in [5, 5.41) is 14.0. The smallest absolute Gasteiger partial charge is 0.243 e. The first-order valence-corrected chi connectivity index (χ1v) is 8.60. The lowest BCUT2D eigenvalue weighted by molar-refractivity contribution is -0.131. The van der Waals surface area contributed by atoms with E-state index in [0.717, 1.165) is 24.8 Å². The number of carbonyl (C=O) groups is 3. The van der Waals surface area contributed by atoms with Crippen LogP contribution in [0.4, 0.5) is 0 Å². The van der Waals surface area contributed by atoms with Gasteiger partial charge in [0.05, 0.1) is 6.42 Å². The number of benzene rings is 1. The second-order valence-corrected chi connectivity index (χ2v) is 5.85. The Morgan fingerprint density at radius 3 is 2.44 bits per heavy atom. The molecule has 138 valence electrons. The van der Waals surface area contributed by atoms with E-state index >= 15 is 0 Å². The van der Waals surface area contributed by atoms with Gasteiger partial charge in [0.25, 0.3) is 0 Å². The van der Waals surface area contributed by atoms with Crippen molar-refractivity contribution in [1.29, 1.82) is 0 Å². The highest BCUT2D eigenvalue weighted by Crippen LogP contribution is 2.03. The number of hydrogen-bond donors (Lipinski definition) is 4. The lowest BCUT2D eigenvalue weighted by Gasteiger charge is -2.18. The summed E-state index contributed by atoms with van der Waals surface area (Å²) in [4.78, 5) is 35.7. The molecule has 0 heterocycles. The zero-order valence-corrected chi connectivity index (χ0v) is 14.6. The molecule has 3 amide bonds. The molecule has 0 spiro atoms. The minimum Gasteiger partial charge on any atom is -0.354 e. The van der Waals surface area contributed by atoms with Gasteiger partial charge < -0.3 is 10.6 Å². The van der Waals surface area contributed by atoms with Crippen LogP contribution in [-0.4, -0.2) is 35.5 Å². The highest BCUT2D eigenvalue weighted by molar-refractivity contribution is 5.88. The molecule has 4 N–H and O–H groups in total. The summed E-state index contributed by atoms with van der Waals surface area (Å²) in [6, 6.07) is 8.40. The molecule has 0 aliphatic carbocycles. The van der Waals surface area contributed by atoms with Crippen LogP contribution in [0.5, 0.6) is 0 Å². The lowest BCUT2D eigenvalue weighted by atomic mass is 10.1. The fourth-order valence-corrected chi connectivity index (χ4v) is 2.34. The zero-order valence-electron chi connectivity index (χ0n) is 14.6. The third kappa shape index (κ3) is 8.85. The molecular weight excluding hydrogens is 322 g/mol. The Hall–Kier alpha value is -2.41. The van der Waals surface area contributed by atoms with Gasteiger partial charge in [0.2, 0.25) is 17.7 Å². The number of nitrogens with one attached hydrogen (secondary N) is 3. The van der Waals surface area contributed by atoms with E-state index in [1.165, 1.54) is 5.48 Å². The first-order chi connectivity index (χ1) is 12.1. The molecule has 0 aliphatic rings. The number of unbranched alkanes of at least 4 members (excludes halogenated alkanes) is 2. The van der Waals surface area contributed by atoms with Gasteiger partial charge >= 0.3 is 0 Å². The van der Waals surface area contributed by atoms with E-state index in [0.29, 0.717) is 6.54 Å². The van der Waals surface area contributed by atoms with Gasteiger partial charge in [-0.1, -0.05) is 50.1 Å². The van der Waals surface area contributed by atoms with Crippen LogP contribution in [0.1, 0.15) is 44.6 Å². The molecule has 0 fully saturated rings. The van der Waals surface area contributed by atoms with E-state index in [4.69, 9.17) is 5.21 Å². The van der Waals surface area contributed by atoms with Gasteiger partial charge in [-0.2, -0.15) is 0 Å². The van der Waals surface area contributed by atoms with Gasteiger partial charge in [0.1, 0.15) is 6.04 Å². The van der Waals surface area contributed by atoms with Gasteiger partial charge in [-0.25, -0.2) is 5.48 Å². The molecule has 1 aromatic carbocycles. The Kier molecular flexibility index (Phi) is 9.92. The molecule has 0 bridgehead atoms. The summed E-state index contributed by atoms with van der Waals surface area (Å²) in [6.07, 6.45) is 3.14. The molecule has 1 aromatic rings. The predicted molar refractivity (Wildman–Crippen MR) is 93.8 cm³/mol. The van der Waals surface area contributed by atoms with E-state index < -0.39 is 11.9 Å². The first kappa shape index (κ1) is 20.6. The van der Waals surface area contributed by atoms with Crippen LogP contribution in [-0.2, 0) is 20.8 Å². The highest BCUT2D eigenvalue weighted by Gasteiger charge is 2.21. The van der Waals surface area contributed by atoms with Crippen LogP contribution in [0.15, 0.2) is 30.3 Å². The van der Waals surface area contributed by atoms with E-state index in [1.807, 2.05) is 30.3 Å². The minimum absolute atomic E-state index is 0.0604. The van der Waals surface area contributed by atoms with Crippen LogP contribution < -0.4 is 16.1 Å². The van der Waals surface area contributed by atoms with E-state index in [-0.39, 0.29) is 31.1 Å². The van der Waals surface area contributed by atoms with Crippen LogP contribution in [0.2, 0.25) is 0 Å². The molecule has 0 saturated carbocycles. The van der Waals surface area contributed by atoms with Crippen molar-refractivity contribution in [2.75, 3.05) is 6.54 Å². The normalized spacial score (nSPS) is 11.4. The van der Waals surface area contributed by atoms with Gasteiger partial charge in [-0.3, -0.25) is 19.6 Å². The summed E-state index contributed by atoms with van der Waals surface area (Å²) in [5.74, 6) is -1.20. The quantitative estimate of drug-likeness (QED) is 0.274. The van der Waals surface area contributed by atoms with E-state index in [1.54, 1.807) is 0 Å². The van der Waals surface area contributed by atoms with Crippen molar-refractivity contribution in [3.63, 3.8) is 0 Å². The van der Waals surface area contributed by atoms with Crippen molar-refractivity contribution in [3.05, 3.63) is 35.9 Å². The van der Waals surface area contributed by atoms with Gasteiger partial charge in [-0.05, 0) is 18.4 Å². The molecule has 0 unspecified atom stereocenters. The zero-order chi connectivity index (χ0) is 18.5. The third-order valence-electron chi connectivity index (χ3n) is 3.72. The monoisotopic (exact) mass is 349 g/mol. The molecule has 7 heteroatoms. The lowest BCUT2D eigenvalue weighted by Crippen LogP contribution is -2.47. The average Bonchev–Trinajstić information content (AvgIpc) is 2.62. The van der Waals surface area contributed by atoms with Crippen molar-refractivity contribution in [2.45, 2.75) is 51.5 Å². The Morgan fingerprint density at radius 2 is 1.80 bits per heavy atom. The van der Waals surface area contributed by atoms with Crippen molar-refractivity contribution in [1.82, 2.24) is 16.1 Å². The molecule has 0 radical (unpaired) electrons. The third-order valence-corrected chi connectivity index (χ3v) is 3.72. The second-order valence-electron chi connectivity index (χ2n) is 5.85. The van der Waals surface area contributed by atoms with Crippen LogP contribution >= 0.6 is 0 Å². The molecule has 0 saturated heterocycles. The molecule has 25 heavy (non-hydrogen) atoms. The second kappa shape index (κ2) is 12.0. The number of hydrogen-bond acceptors (Lipinski definition) is 4. The van der Waals surface area contributed by atoms with E-state index in [9.17, 15) is 14.4 Å². The SMILES string of the molecule is CCCCCNC(=O)[C@H](CCC(=O)NO)NC(=O)Cc1ccccc1. The summed E-state index contributed by atoms with van der Waals surface area (Å²) < 4.78 is 0. The largest absolute Gasteiger partial charge is 0.354 e. The summed E-state index contributed by atoms with van der Waals surface area (Å²) in [7, 11) is 0. The Balaban J connectivity index is 2.57. The maximum atomic E-state index is 12.3. The standard InChI is InChI=1S/C18H27N3O4/c1-2-3-7-12-19-18(24)15(10-11-16(22)21-25)20-17(23)13-14-8-5-4-6-9-14/h4-6,8-9,15,25H,2-3,7,10-13H2,1H3,(H,19,24)(H,20,23)(H,21,22)/t15-/m0/s1. The van der Waals surface area contributed by atoms with Crippen molar-refractivity contribution in [2.24, 2.45) is 0 Å². The first-order valence-electron chi connectivity index (χ1n) is 8.60.